The van der Waals surface area contributed by atoms with E-state index in [9.17, 15) is 31.2 Å². The molecule has 8 nitrogen and oxygen atoms in total. The van der Waals surface area contributed by atoms with E-state index in [1.54, 1.807) is 35.2 Å². The first-order valence-corrected chi connectivity index (χ1v) is 15.5. The van der Waals surface area contributed by atoms with E-state index in [4.69, 9.17) is 0 Å². The van der Waals surface area contributed by atoms with Crippen LogP contribution in [0, 0.1) is 5.92 Å². The Morgan fingerprint density at radius 3 is 2.37 bits per heavy atom. The molecule has 0 radical (unpaired) electrons. The number of carbonyl (C=O) groups excluding carboxylic acids is 2. The minimum Gasteiger partial charge on any atom is -0.334 e. The van der Waals surface area contributed by atoms with Gasteiger partial charge in [0.15, 0.2) is 9.84 Å². The van der Waals surface area contributed by atoms with E-state index in [0.29, 0.717) is 31.6 Å². The third-order valence-electron chi connectivity index (χ3n) is 7.82. The van der Waals surface area contributed by atoms with Gasteiger partial charge in [-0.3, -0.25) is 4.79 Å². The van der Waals surface area contributed by atoms with Crippen molar-refractivity contribution in [2.24, 2.45) is 5.92 Å². The number of amides is 3. The number of alkyl halides is 3. The summed E-state index contributed by atoms with van der Waals surface area (Å²) in [6.45, 7) is 5.34. The predicted molar refractivity (Wildman–Crippen MR) is 150 cm³/mol. The summed E-state index contributed by atoms with van der Waals surface area (Å²) in [6.07, 6.45) is -1.91. The van der Waals surface area contributed by atoms with Crippen LogP contribution < -0.4 is 16.0 Å². The molecule has 3 amide bonds. The van der Waals surface area contributed by atoms with Crippen LogP contribution >= 0.6 is 0 Å². The van der Waals surface area contributed by atoms with Crippen LogP contribution in [0.15, 0.2) is 59.5 Å². The van der Waals surface area contributed by atoms with E-state index in [1.165, 1.54) is 12.1 Å². The highest BCUT2D eigenvalue weighted by Gasteiger charge is 2.50. The van der Waals surface area contributed by atoms with Gasteiger partial charge in [-0.05, 0) is 74.9 Å². The smallest absolute Gasteiger partial charge is 0.334 e. The van der Waals surface area contributed by atoms with E-state index >= 15 is 0 Å². The van der Waals surface area contributed by atoms with E-state index in [1.807, 2.05) is 0 Å². The number of nitrogens with one attached hydrogen (secondary N) is 3. The van der Waals surface area contributed by atoms with Crippen LogP contribution in [0.25, 0.3) is 0 Å². The molecule has 2 aromatic carbocycles. The number of nitrogens with zero attached hydrogens (tertiary/aromatic N) is 1. The maximum absolute atomic E-state index is 13.6. The van der Waals surface area contributed by atoms with Gasteiger partial charge in [-0.2, -0.15) is 13.2 Å². The Morgan fingerprint density at radius 2 is 1.73 bits per heavy atom. The number of hydrogen-bond donors (Lipinski definition) is 3. The van der Waals surface area contributed by atoms with Crippen molar-refractivity contribution in [2.45, 2.75) is 74.6 Å². The number of rotatable bonds is 9. The zero-order valence-electron chi connectivity index (χ0n) is 23.2. The van der Waals surface area contributed by atoms with Crippen molar-refractivity contribution in [1.29, 1.82) is 0 Å². The molecule has 1 atom stereocenters. The highest BCUT2D eigenvalue weighted by atomic mass is 32.2. The highest BCUT2D eigenvalue weighted by molar-refractivity contribution is 7.91. The first kappa shape index (κ1) is 30.8. The van der Waals surface area contributed by atoms with Gasteiger partial charge in [-0.15, -0.1) is 0 Å². The summed E-state index contributed by atoms with van der Waals surface area (Å²) in [4.78, 5) is 28.1. The number of sulfone groups is 1. The van der Waals surface area contributed by atoms with Crippen molar-refractivity contribution in [2.75, 3.05) is 24.2 Å². The lowest BCUT2D eigenvalue weighted by Gasteiger charge is -2.46. The first-order valence-electron chi connectivity index (χ1n) is 13.9. The Kier molecular flexibility index (Phi) is 9.32. The standard InChI is InChI=1S/C29H37F3N4O4S/c1-20(2)18-33-22-11-14-28(15-12-22,19-41(39,40)24-9-4-3-5-10-24)36-16-13-25(26(36)37)35-27(38)34-23-8-6-7-21(17-23)29(30,31)32/h3-10,17,20,22,25,33H,11-16,18-19H2,1-2H3,(H2,34,35,38)/t22?,25-,28?/m0/s1. The molecule has 41 heavy (non-hydrogen) atoms. The Bertz CT molecular complexity index is 1330. The maximum atomic E-state index is 13.6. The van der Waals surface area contributed by atoms with Crippen LogP contribution in [-0.4, -0.2) is 61.7 Å². The fourth-order valence-electron chi connectivity index (χ4n) is 5.70. The molecular weight excluding hydrogens is 557 g/mol. The molecule has 0 bridgehead atoms. The normalized spacial score (nSPS) is 23.6. The van der Waals surface area contributed by atoms with Crippen molar-refractivity contribution < 1.29 is 31.2 Å². The summed E-state index contributed by atoms with van der Waals surface area (Å²) in [5, 5.41) is 8.48. The Hall–Kier alpha value is -3.12. The summed E-state index contributed by atoms with van der Waals surface area (Å²) >= 11 is 0. The third kappa shape index (κ3) is 7.59. The summed E-state index contributed by atoms with van der Waals surface area (Å²) in [7, 11) is -3.73. The zero-order valence-corrected chi connectivity index (χ0v) is 24.0. The van der Waals surface area contributed by atoms with Crippen molar-refractivity contribution >= 4 is 27.5 Å². The molecule has 1 aliphatic carbocycles. The summed E-state index contributed by atoms with van der Waals surface area (Å²) < 4.78 is 66.2. The number of carbonyl (C=O) groups is 2. The molecule has 3 N–H and O–H groups in total. The number of benzene rings is 2. The summed E-state index contributed by atoms with van der Waals surface area (Å²) in [5.74, 6) is -0.147. The molecule has 12 heteroatoms. The van der Waals surface area contributed by atoms with E-state index in [2.05, 4.69) is 29.8 Å². The van der Waals surface area contributed by atoms with Gasteiger partial charge >= 0.3 is 12.2 Å². The Morgan fingerprint density at radius 1 is 1.05 bits per heavy atom. The lowest BCUT2D eigenvalue weighted by Crippen LogP contribution is -2.59. The largest absolute Gasteiger partial charge is 0.416 e. The van der Waals surface area contributed by atoms with Crippen LogP contribution in [0.3, 0.4) is 0 Å². The molecule has 2 aromatic rings. The molecule has 1 aliphatic heterocycles. The van der Waals surface area contributed by atoms with E-state index in [-0.39, 0.29) is 41.3 Å². The second-order valence-electron chi connectivity index (χ2n) is 11.4. The average Bonchev–Trinajstić information content (AvgIpc) is 3.28. The molecule has 1 heterocycles. The molecule has 0 spiro atoms. The SMILES string of the molecule is CC(C)CNC1CCC(CS(=O)(=O)c2ccccc2)(N2CC[C@H](NC(=O)Nc3cccc(C(F)(F)F)c3)C2=O)CC1. The molecule has 2 aliphatic rings. The second-order valence-corrected chi connectivity index (χ2v) is 13.4. The summed E-state index contributed by atoms with van der Waals surface area (Å²) in [6, 6.07) is 10.9. The Labute approximate surface area is 239 Å². The van der Waals surface area contributed by atoms with Crippen molar-refractivity contribution in [1.82, 2.24) is 15.5 Å². The number of halogens is 3. The van der Waals surface area contributed by atoms with Gasteiger partial charge in [-0.25, -0.2) is 13.2 Å². The van der Waals surface area contributed by atoms with Gasteiger partial charge < -0.3 is 20.9 Å². The quantitative estimate of drug-likeness (QED) is 0.386. The predicted octanol–water partition coefficient (Wildman–Crippen LogP) is 4.83. The molecule has 1 saturated carbocycles. The molecule has 1 saturated heterocycles. The minimum absolute atomic E-state index is 0.0581. The fraction of sp³-hybridized carbons (Fsp3) is 0.517. The molecule has 4 rings (SSSR count). The monoisotopic (exact) mass is 594 g/mol. The van der Waals surface area contributed by atoms with Crippen molar-refractivity contribution in [3.8, 4) is 0 Å². The van der Waals surface area contributed by atoms with Crippen LogP contribution in [0.4, 0.5) is 23.7 Å². The third-order valence-corrected chi connectivity index (χ3v) is 9.73. The van der Waals surface area contributed by atoms with Crippen LogP contribution in [0.2, 0.25) is 0 Å². The van der Waals surface area contributed by atoms with Gasteiger partial charge in [-0.1, -0.05) is 38.1 Å². The van der Waals surface area contributed by atoms with Gasteiger partial charge in [0.25, 0.3) is 0 Å². The molecule has 0 unspecified atom stereocenters. The number of hydrogen-bond acceptors (Lipinski definition) is 5. The number of likely N-dealkylation sites (tertiary alicyclic amines) is 1. The van der Waals surface area contributed by atoms with Crippen LogP contribution in [0.5, 0.6) is 0 Å². The molecule has 0 aromatic heterocycles. The topological polar surface area (TPSA) is 108 Å². The fourth-order valence-corrected chi connectivity index (χ4v) is 7.59. The molecule has 2 fully saturated rings. The Balaban J connectivity index is 1.49. The number of urea groups is 1. The van der Waals surface area contributed by atoms with E-state index in [0.717, 1.165) is 18.7 Å². The van der Waals surface area contributed by atoms with Crippen molar-refractivity contribution in [3.63, 3.8) is 0 Å². The van der Waals surface area contributed by atoms with Crippen LogP contribution in [-0.2, 0) is 20.8 Å². The van der Waals surface area contributed by atoms with Gasteiger partial charge in [0, 0.05) is 18.3 Å². The number of anilines is 1. The summed E-state index contributed by atoms with van der Waals surface area (Å²) in [5.41, 5.74) is -1.90. The van der Waals surface area contributed by atoms with Gasteiger partial charge in [0.1, 0.15) is 6.04 Å². The zero-order chi connectivity index (χ0) is 29.8. The van der Waals surface area contributed by atoms with Crippen LogP contribution in [0.1, 0.15) is 51.5 Å². The van der Waals surface area contributed by atoms with Crippen molar-refractivity contribution in [3.05, 3.63) is 60.2 Å². The van der Waals surface area contributed by atoms with Gasteiger partial charge in [0.2, 0.25) is 5.91 Å². The lowest BCUT2D eigenvalue weighted by molar-refractivity contribution is -0.137. The maximum Gasteiger partial charge on any atom is 0.416 e. The molecule has 224 valence electrons. The van der Waals surface area contributed by atoms with E-state index < -0.39 is 39.2 Å². The molecular formula is C29H37F3N4O4S. The minimum atomic E-state index is -4.56. The van der Waals surface area contributed by atoms with Gasteiger partial charge in [0.05, 0.1) is 21.8 Å². The first-order chi connectivity index (χ1) is 19.3. The second kappa shape index (κ2) is 12.4. The lowest BCUT2D eigenvalue weighted by atomic mass is 9.79. The highest BCUT2D eigenvalue weighted by Crippen LogP contribution is 2.39. The average molecular weight is 595 g/mol.